The smallest absolute Gasteiger partial charge is 0.304 e. The molecular weight excluding hydrogens is 271 g/mol. The molecule has 1 fully saturated rings. The Morgan fingerprint density at radius 3 is 2.80 bits per heavy atom. The number of piperazine rings is 1. The largest absolute Gasteiger partial charge is 0.353 e. The maximum Gasteiger partial charge on any atom is 0.304 e. The first kappa shape index (κ1) is 13.9. The number of nitrogens with zero attached hydrogens (tertiary/aromatic N) is 1. The lowest BCUT2D eigenvalue weighted by molar-refractivity contribution is -0.387. The van der Waals surface area contributed by atoms with Crippen LogP contribution in [0.1, 0.15) is 0 Å². The lowest BCUT2D eigenvalue weighted by Crippen LogP contribution is -2.56. The number of nitro groups is 1. The molecule has 20 heavy (non-hydrogen) atoms. The topological polar surface area (TPSA) is 113 Å². The molecule has 1 unspecified atom stereocenters. The average molecular weight is 282 g/mol. The zero-order valence-corrected chi connectivity index (χ0v) is 10.2. The Balaban J connectivity index is 2.03. The summed E-state index contributed by atoms with van der Waals surface area (Å²) in [6.07, 6.45) is 0. The second-order valence-electron chi connectivity index (χ2n) is 4.15. The molecule has 106 valence electrons. The molecule has 0 aromatic heterocycles. The summed E-state index contributed by atoms with van der Waals surface area (Å²) in [7, 11) is 0. The predicted octanol–water partition coefficient (Wildman–Crippen LogP) is -0.240. The van der Waals surface area contributed by atoms with E-state index in [4.69, 9.17) is 0 Å². The first-order valence-electron chi connectivity index (χ1n) is 5.72. The lowest BCUT2D eigenvalue weighted by Gasteiger charge is -2.23. The molecule has 0 aliphatic carbocycles. The maximum atomic E-state index is 13.4. The molecule has 1 aliphatic rings. The highest BCUT2D eigenvalue weighted by atomic mass is 19.1. The third kappa shape index (κ3) is 3.06. The van der Waals surface area contributed by atoms with Crippen LogP contribution < -0.4 is 16.0 Å². The highest BCUT2D eigenvalue weighted by Gasteiger charge is 2.24. The summed E-state index contributed by atoms with van der Waals surface area (Å²) in [5, 5.41) is 18.1. The monoisotopic (exact) mass is 282 g/mol. The molecule has 3 N–H and O–H groups in total. The van der Waals surface area contributed by atoms with Crippen LogP contribution in [0, 0.1) is 15.9 Å². The van der Waals surface area contributed by atoms with Crippen LogP contribution in [0.25, 0.3) is 0 Å². The molecule has 0 bridgehead atoms. The molecule has 1 aromatic rings. The molecule has 2 amide bonds. The Kier molecular flexibility index (Phi) is 3.89. The number of benzene rings is 1. The molecular formula is C11H11FN4O4. The Morgan fingerprint density at radius 1 is 1.50 bits per heavy atom. The number of carbonyl (C=O) groups excluding carboxylic acids is 2. The van der Waals surface area contributed by atoms with Crippen molar-refractivity contribution in [2.45, 2.75) is 6.04 Å². The summed E-state index contributed by atoms with van der Waals surface area (Å²) in [6.45, 7) is 0.146. The van der Waals surface area contributed by atoms with Gasteiger partial charge < -0.3 is 10.6 Å². The van der Waals surface area contributed by atoms with Crippen molar-refractivity contribution in [3.63, 3.8) is 0 Å². The molecule has 2 rings (SSSR count). The third-order valence-corrected chi connectivity index (χ3v) is 2.74. The number of amides is 2. The summed E-state index contributed by atoms with van der Waals surface area (Å²) in [5.41, 5.74) is -0.553. The van der Waals surface area contributed by atoms with Gasteiger partial charge in [0.05, 0.1) is 11.5 Å². The SMILES string of the molecule is O=C1CNC(C(=O)Nc2ccc([N+](=O)[O-])c(F)c2)CN1. The Morgan fingerprint density at radius 2 is 2.25 bits per heavy atom. The van der Waals surface area contributed by atoms with Gasteiger partial charge in [-0.15, -0.1) is 0 Å². The van der Waals surface area contributed by atoms with Gasteiger partial charge in [-0.1, -0.05) is 0 Å². The van der Waals surface area contributed by atoms with Crippen LogP contribution >= 0.6 is 0 Å². The molecule has 9 heteroatoms. The van der Waals surface area contributed by atoms with Gasteiger partial charge in [-0.05, 0) is 6.07 Å². The average Bonchev–Trinajstić information content (AvgIpc) is 2.39. The zero-order chi connectivity index (χ0) is 14.7. The number of anilines is 1. The van der Waals surface area contributed by atoms with Crippen LogP contribution in [0.15, 0.2) is 18.2 Å². The van der Waals surface area contributed by atoms with E-state index in [2.05, 4.69) is 16.0 Å². The number of hydrogen-bond acceptors (Lipinski definition) is 5. The molecule has 1 aliphatic heterocycles. The van der Waals surface area contributed by atoms with E-state index in [9.17, 15) is 24.1 Å². The van der Waals surface area contributed by atoms with Gasteiger partial charge in [0.15, 0.2) is 0 Å². The van der Waals surface area contributed by atoms with Gasteiger partial charge in [0.25, 0.3) is 0 Å². The normalized spacial score (nSPS) is 18.2. The number of rotatable bonds is 3. The molecule has 0 spiro atoms. The molecule has 0 saturated carbocycles. The van der Waals surface area contributed by atoms with E-state index in [1.165, 1.54) is 6.07 Å². The maximum absolute atomic E-state index is 13.4. The van der Waals surface area contributed by atoms with Crippen LogP contribution in [-0.4, -0.2) is 35.9 Å². The van der Waals surface area contributed by atoms with Gasteiger partial charge in [-0.25, -0.2) is 0 Å². The minimum absolute atomic E-state index is 0.0205. The van der Waals surface area contributed by atoms with Crippen LogP contribution in [-0.2, 0) is 9.59 Å². The van der Waals surface area contributed by atoms with E-state index in [-0.39, 0.29) is 24.7 Å². The number of nitrogens with one attached hydrogen (secondary N) is 3. The summed E-state index contributed by atoms with van der Waals surface area (Å²) >= 11 is 0. The van der Waals surface area contributed by atoms with E-state index in [1.807, 2.05) is 0 Å². The van der Waals surface area contributed by atoms with Crippen molar-refractivity contribution in [1.82, 2.24) is 10.6 Å². The quantitative estimate of drug-likeness (QED) is 0.523. The van der Waals surface area contributed by atoms with Gasteiger partial charge in [0, 0.05) is 24.4 Å². The first-order valence-corrected chi connectivity index (χ1v) is 5.72. The van der Waals surface area contributed by atoms with Gasteiger partial charge in [-0.3, -0.25) is 25.0 Å². The summed E-state index contributed by atoms with van der Waals surface area (Å²) in [6, 6.07) is 2.45. The van der Waals surface area contributed by atoms with Crippen molar-refractivity contribution >= 4 is 23.2 Å². The fourth-order valence-electron chi connectivity index (χ4n) is 1.71. The third-order valence-electron chi connectivity index (χ3n) is 2.74. The van der Waals surface area contributed by atoms with Crippen molar-refractivity contribution in [3.05, 3.63) is 34.1 Å². The number of hydrogen-bond donors (Lipinski definition) is 3. The second kappa shape index (κ2) is 5.61. The second-order valence-corrected chi connectivity index (χ2v) is 4.15. The van der Waals surface area contributed by atoms with Crippen LogP contribution in [0.4, 0.5) is 15.8 Å². The van der Waals surface area contributed by atoms with Crippen molar-refractivity contribution < 1.29 is 18.9 Å². The van der Waals surface area contributed by atoms with E-state index < -0.39 is 28.4 Å². The summed E-state index contributed by atoms with van der Waals surface area (Å²) < 4.78 is 13.4. The molecule has 8 nitrogen and oxygen atoms in total. The Bertz CT molecular complexity index is 568. The zero-order valence-electron chi connectivity index (χ0n) is 10.2. The fraction of sp³-hybridized carbons (Fsp3) is 0.273. The van der Waals surface area contributed by atoms with Crippen molar-refractivity contribution in [3.8, 4) is 0 Å². The summed E-state index contributed by atoms with van der Waals surface area (Å²) in [4.78, 5) is 32.4. The molecule has 1 atom stereocenters. The van der Waals surface area contributed by atoms with E-state index >= 15 is 0 Å². The minimum atomic E-state index is -1.03. The summed E-state index contributed by atoms with van der Waals surface area (Å²) in [5.74, 6) is -1.70. The highest BCUT2D eigenvalue weighted by Crippen LogP contribution is 2.20. The Labute approximate surface area is 112 Å². The number of carbonyl (C=O) groups is 2. The number of nitro benzene ring substituents is 1. The van der Waals surface area contributed by atoms with Crippen LogP contribution in [0.5, 0.6) is 0 Å². The van der Waals surface area contributed by atoms with Crippen molar-refractivity contribution in [1.29, 1.82) is 0 Å². The predicted molar refractivity (Wildman–Crippen MR) is 66.5 cm³/mol. The van der Waals surface area contributed by atoms with Gasteiger partial charge in [0.1, 0.15) is 6.04 Å². The first-order chi connectivity index (χ1) is 9.47. The molecule has 1 heterocycles. The number of halogens is 1. The fourth-order valence-corrected chi connectivity index (χ4v) is 1.71. The Hall–Kier alpha value is -2.55. The lowest BCUT2D eigenvalue weighted by atomic mass is 10.2. The molecule has 0 radical (unpaired) electrons. The molecule has 1 aromatic carbocycles. The van der Waals surface area contributed by atoms with Crippen LogP contribution in [0.3, 0.4) is 0 Å². The van der Waals surface area contributed by atoms with Gasteiger partial charge in [-0.2, -0.15) is 4.39 Å². The van der Waals surface area contributed by atoms with Crippen molar-refractivity contribution in [2.24, 2.45) is 0 Å². The van der Waals surface area contributed by atoms with Crippen molar-refractivity contribution in [2.75, 3.05) is 18.4 Å². The highest BCUT2D eigenvalue weighted by molar-refractivity contribution is 5.96. The minimum Gasteiger partial charge on any atom is -0.353 e. The van der Waals surface area contributed by atoms with E-state index in [1.54, 1.807) is 0 Å². The molecule has 1 saturated heterocycles. The standard InChI is InChI=1S/C11H11FN4O4/c12-7-3-6(1-2-9(7)16(19)20)15-11(18)8-4-14-10(17)5-13-8/h1-3,8,13H,4-5H2,(H,14,17)(H,15,18). The van der Waals surface area contributed by atoms with Gasteiger partial charge >= 0.3 is 5.69 Å². The van der Waals surface area contributed by atoms with E-state index in [0.717, 1.165) is 12.1 Å². The van der Waals surface area contributed by atoms with E-state index in [0.29, 0.717) is 0 Å². The van der Waals surface area contributed by atoms with Crippen LogP contribution in [0.2, 0.25) is 0 Å². The van der Waals surface area contributed by atoms with Gasteiger partial charge in [0.2, 0.25) is 17.6 Å².